The third-order valence-corrected chi connectivity index (χ3v) is 4.42. The lowest BCUT2D eigenvalue weighted by molar-refractivity contribution is 0.307. The van der Waals surface area contributed by atoms with Crippen LogP contribution in [-0.4, -0.2) is 9.55 Å². The lowest BCUT2D eigenvalue weighted by Gasteiger charge is -2.22. The summed E-state index contributed by atoms with van der Waals surface area (Å²) in [6.45, 7) is 0. The van der Waals surface area contributed by atoms with Crippen molar-refractivity contribution < 1.29 is 0 Å². The van der Waals surface area contributed by atoms with Crippen molar-refractivity contribution in [1.82, 2.24) is 9.55 Å². The summed E-state index contributed by atoms with van der Waals surface area (Å²) in [4.78, 5) is 4.30. The van der Waals surface area contributed by atoms with Gasteiger partial charge in [-0.15, -0.1) is 11.6 Å². The molecule has 82 valence electrons. The molecule has 2 saturated carbocycles. The smallest absolute Gasteiger partial charge is 0.0952 e. The summed E-state index contributed by atoms with van der Waals surface area (Å²) >= 11 is 5.77. The summed E-state index contributed by atoms with van der Waals surface area (Å²) in [5.41, 5.74) is 1.65. The van der Waals surface area contributed by atoms with Gasteiger partial charge in [-0.2, -0.15) is 0 Å². The van der Waals surface area contributed by atoms with Gasteiger partial charge in [-0.25, -0.2) is 4.98 Å². The van der Waals surface area contributed by atoms with E-state index >= 15 is 0 Å². The topological polar surface area (TPSA) is 17.8 Å². The van der Waals surface area contributed by atoms with Gasteiger partial charge in [0.05, 0.1) is 17.9 Å². The highest BCUT2D eigenvalue weighted by Gasteiger charge is 2.54. The molecule has 3 heteroatoms. The molecule has 1 unspecified atom stereocenters. The number of rotatable bonds is 2. The van der Waals surface area contributed by atoms with Crippen molar-refractivity contribution >= 4 is 11.6 Å². The van der Waals surface area contributed by atoms with E-state index < -0.39 is 0 Å². The number of hydrogen-bond donors (Lipinski definition) is 0. The lowest BCUT2D eigenvalue weighted by Crippen LogP contribution is -2.11. The van der Waals surface area contributed by atoms with Gasteiger partial charge in [0.15, 0.2) is 0 Å². The Labute approximate surface area is 95.6 Å². The molecule has 2 aliphatic rings. The van der Waals surface area contributed by atoms with Gasteiger partial charge in [0.2, 0.25) is 0 Å². The highest BCUT2D eigenvalue weighted by atomic mass is 35.5. The highest BCUT2D eigenvalue weighted by molar-refractivity contribution is 6.16. The minimum Gasteiger partial charge on any atom is -0.334 e. The van der Waals surface area contributed by atoms with E-state index in [4.69, 9.17) is 11.6 Å². The molecule has 0 aliphatic heterocycles. The van der Waals surface area contributed by atoms with Crippen molar-refractivity contribution in [3.05, 3.63) is 18.2 Å². The fourth-order valence-corrected chi connectivity index (χ4v) is 3.30. The number of nitrogens with zero attached hydrogens (tertiary/aromatic N) is 2. The Hall–Kier alpha value is -0.500. The summed E-state index contributed by atoms with van der Waals surface area (Å²) in [5.74, 6) is 0.534. The van der Waals surface area contributed by atoms with Crippen LogP contribution in [0.2, 0.25) is 0 Å². The quantitative estimate of drug-likeness (QED) is 0.703. The van der Waals surface area contributed by atoms with Crippen molar-refractivity contribution in [1.29, 1.82) is 0 Å². The zero-order chi connectivity index (χ0) is 10.3. The van der Waals surface area contributed by atoms with Gasteiger partial charge in [-0.05, 0) is 24.7 Å². The fourth-order valence-electron chi connectivity index (χ4n) is 3.16. The van der Waals surface area contributed by atoms with Crippen molar-refractivity contribution in [3.63, 3.8) is 0 Å². The first kappa shape index (κ1) is 9.71. The summed E-state index contributed by atoms with van der Waals surface area (Å²) < 4.78 is 2.29. The summed E-state index contributed by atoms with van der Waals surface area (Å²) in [6.07, 6.45) is 12.6. The van der Waals surface area contributed by atoms with Gasteiger partial charge in [0.1, 0.15) is 0 Å². The van der Waals surface area contributed by atoms with Crippen LogP contribution in [0.25, 0.3) is 0 Å². The summed E-state index contributed by atoms with van der Waals surface area (Å²) in [5, 5.41) is 0. The van der Waals surface area contributed by atoms with E-state index in [9.17, 15) is 0 Å². The molecule has 1 aromatic rings. The molecule has 3 rings (SSSR count). The Bertz CT molecular complexity index is 352. The Morgan fingerprint density at radius 2 is 2.20 bits per heavy atom. The second-order valence-corrected chi connectivity index (χ2v) is 5.36. The maximum absolute atomic E-state index is 5.77. The molecule has 1 spiro atoms. The Morgan fingerprint density at radius 1 is 1.40 bits per heavy atom. The maximum atomic E-state index is 5.77. The summed E-state index contributed by atoms with van der Waals surface area (Å²) in [7, 11) is 0. The van der Waals surface area contributed by atoms with E-state index in [1.807, 2.05) is 6.33 Å². The predicted octanol–water partition coefficient (Wildman–Crippen LogP) is 3.52. The molecular weight excluding hydrogens is 208 g/mol. The number of aromatic nitrogens is 2. The molecule has 1 heterocycles. The van der Waals surface area contributed by atoms with Gasteiger partial charge in [-0.3, -0.25) is 0 Å². The molecule has 0 bridgehead atoms. The summed E-state index contributed by atoms with van der Waals surface area (Å²) in [6, 6.07) is 0.724. The molecule has 15 heavy (non-hydrogen) atoms. The molecule has 0 N–H and O–H groups in total. The van der Waals surface area contributed by atoms with Crippen molar-refractivity contribution in [2.24, 2.45) is 5.41 Å². The second-order valence-electron chi connectivity index (χ2n) is 5.09. The largest absolute Gasteiger partial charge is 0.334 e. The van der Waals surface area contributed by atoms with Crippen molar-refractivity contribution in [2.75, 3.05) is 0 Å². The minimum absolute atomic E-state index is 0.534. The molecule has 2 aliphatic carbocycles. The molecule has 0 saturated heterocycles. The van der Waals surface area contributed by atoms with E-state index in [-0.39, 0.29) is 0 Å². The molecule has 0 radical (unpaired) electrons. The van der Waals surface area contributed by atoms with Gasteiger partial charge in [0.25, 0.3) is 0 Å². The van der Waals surface area contributed by atoms with E-state index in [2.05, 4.69) is 15.7 Å². The van der Waals surface area contributed by atoms with Gasteiger partial charge in [0, 0.05) is 12.2 Å². The number of imidazole rings is 1. The lowest BCUT2D eigenvalue weighted by atomic mass is 9.86. The van der Waals surface area contributed by atoms with Gasteiger partial charge in [-0.1, -0.05) is 19.3 Å². The van der Waals surface area contributed by atoms with Gasteiger partial charge >= 0.3 is 0 Å². The first-order valence-electron chi connectivity index (χ1n) is 5.92. The van der Waals surface area contributed by atoms with Crippen LogP contribution in [-0.2, 0) is 5.88 Å². The second kappa shape index (κ2) is 3.51. The van der Waals surface area contributed by atoms with E-state index in [1.54, 1.807) is 0 Å². The number of hydrogen-bond acceptors (Lipinski definition) is 1. The first-order chi connectivity index (χ1) is 7.34. The normalized spacial score (nSPS) is 28.2. The zero-order valence-electron chi connectivity index (χ0n) is 8.95. The molecule has 1 aromatic heterocycles. The Morgan fingerprint density at radius 3 is 2.87 bits per heavy atom. The third kappa shape index (κ3) is 1.59. The molecule has 0 aromatic carbocycles. The number of halogens is 1. The molecule has 1 atom stereocenters. The first-order valence-corrected chi connectivity index (χ1v) is 6.46. The van der Waals surface area contributed by atoms with Crippen molar-refractivity contribution in [3.8, 4) is 0 Å². The predicted molar refractivity (Wildman–Crippen MR) is 61.0 cm³/mol. The Kier molecular flexibility index (Phi) is 2.27. The van der Waals surface area contributed by atoms with Crippen LogP contribution in [0, 0.1) is 5.41 Å². The average Bonchev–Trinajstić information content (AvgIpc) is 2.79. The maximum Gasteiger partial charge on any atom is 0.0952 e. The van der Waals surface area contributed by atoms with Crippen molar-refractivity contribution in [2.45, 2.75) is 50.4 Å². The van der Waals surface area contributed by atoms with Crippen LogP contribution >= 0.6 is 11.6 Å². The zero-order valence-corrected chi connectivity index (χ0v) is 9.71. The minimum atomic E-state index is 0.534. The SMILES string of the molecule is ClCc1cn(C2CC23CCCCC3)cn1. The van der Waals surface area contributed by atoms with Crippen LogP contribution in [0.4, 0.5) is 0 Å². The Balaban J connectivity index is 1.74. The fraction of sp³-hybridized carbons (Fsp3) is 0.750. The van der Waals surface area contributed by atoms with E-state index in [1.165, 1.54) is 38.5 Å². The van der Waals surface area contributed by atoms with E-state index in [0.29, 0.717) is 11.3 Å². The molecule has 0 amide bonds. The third-order valence-electron chi connectivity index (χ3n) is 4.15. The average molecular weight is 225 g/mol. The standard InChI is InChI=1S/C12H17ClN2/c13-7-10-8-15(9-14-10)11-6-12(11)4-2-1-3-5-12/h8-9,11H,1-7H2. The van der Waals surface area contributed by atoms with Crippen LogP contribution < -0.4 is 0 Å². The monoisotopic (exact) mass is 224 g/mol. The highest BCUT2D eigenvalue weighted by Crippen LogP contribution is 2.64. The molecular formula is C12H17ClN2. The molecule has 2 fully saturated rings. The molecule has 2 nitrogen and oxygen atoms in total. The van der Waals surface area contributed by atoms with Crippen LogP contribution in [0.1, 0.15) is 50.3 Å². The van der Waals surface area contributed by atoms with Crippen LogP contribution in [0.15, 0.2) is 12.5 Å². The van der Waals surface area contributed by atoms with Crippen LogP contribution in [0.5, 0.6) is 0 Å². The van der Waals surface area contributed by atoms with Crippen LogP contribution in [0.3, 0.4) is 0 Å². The number of alkyl halides is 1. The van der Waals surface area contributed by atoms with E-state index in [0.717, 1.165) is 11.7 Å². The van der Waals surface area contributed by atoms with Gasteiger partial charge < -0.3 is 4.57 Å².